The number of hydrogen-bond donors (Lipinski definition) is 2. The Morgan fingerprint density at radius 1 is 1.41 bits per heavy atom. The van der Waals surface area contributed by atoms with Crippen LogP contribution in [0.2, 0.25) is 0 Å². The molecule has 0 aliphatic heterocycles. The van der Waals surface area contributed by atoms with Crippen LogP contribution in [0, 0.1) is 5.41 Å². The van der Waals surface area contributed by atoms with E-state index in [-0.39, 0.29) is 5.41 Å². The molecule has 0 aromatic heterocycles. The molecule has 17 heavy (non-hydrogen) atoms. The number of methoxy groups -OCH3 is 1. The smallest absolute Gasteiger partial charge is 0.142 e. The molecule has 0 bridgehead atoms. The summed E-state index contributed by atoms with van der Waals surface area (Å²) in [5.74, 6) is 0.858. The van der Waals surface area contributed by atoms with Gasteiger partial charge < -0.3 is 15.8 Å². The molecular weight excluding hydrogens is 280 g/mol. The maximum absolute atomic E-state index is 5.60. The molecule has 96 valence electrons. The lowest BCUT2D eigenvalue weighted by Crippen LogP contribution is -2.26. The maximum atomic E-state index is 5.60. The summed E-state index contributed by atoms with van der Waals surface area (Å²) in [6.07, 6.45) is 0.996. The lowest BCUT2D eigenvalue weighted by molar-refractivity contribution is 0.363. The lowest BCUT2D eigenvalue weighted by atomic mass is 9.89. The van der Waals surface area contributed by atoms with Crippen molar-refractivity contribution < 1.29 is 4.74 Å². The Hall–Kier alpha value is -0.740. The van der Waals surface area contributed by atoms with E-state index in [1.807, 2.05) is 18.2 Å². The van der Waals surface area contributed by atoms with Crippen LogP contribution in [0.3, 0.4) is 0 Å². The molecule has 0 spiro atoms. The fraction of sp³-hybridized carbons (Fsp3) is 0.538. The number of anilines is 1. The van der Waals surface area contributed by atoms with Crippen molar-refractivity contribution in [1.29, 1.82) is 0 Å². The average Bonchev–Trinajstić information content (AvgIpc) is 2.27. The molecule has 1 aromatic rings. The highest BCUT2D eigenvalue weighted by Crippen LogP contribution is 2.29. The number of nitrogens with one attached hydrogen (secondary N) is 1. The number of ether oxygens (including phenoxy) is 1. The third kappa shape index (κ3) is 4.56. The van der Waals surface area contributed by atoms with Crippen molar-refractivity contribution >= 4 is 21.6 Å². The second-order valence-corrected chi connectivity index (χ2v) is 5.82. The summed E-state index contributed by atoms with van der Waals surface area (Å²) < 4.78 is 6.36. The summed E-state index contributed by atoms with van der Waals surface area (Å²) in [5.41, 5.74) is 6.79. The Labute approximate surface area is 112 Å². The first-order valence-corrected chi connectivity index (χ1v) is 6.55. The molecule has 0 aliphatic rings. The van der Waals surface area contributed by atoms with Gasteiger partial charge in [-0.2, -0.15) is 0 Å². The molecule has 0 radical (unpaired) electrons. The van der Waals surface area contributed by atoms with Gasteiger partial charge in [0.05, 0.1) is 12.8 Å². The van der Waals surface area contributed by atoms with Crippen LogP contribution in [-0.2, 0) is 0 Å². The van der Waals surface area contributed by atoms with Gasteiger partial charge in [0.2, 0.25) is 0 Å². The number of rotatable bonds is 6. The predicted octanol–water partition coefficient (Wildman–Crippen LogP) is 3.24. The minimum atomic E-state index is 0.183. The fourth-order valence-corrected chi connectivity index (χ4v) is 1.99. The van der Waals surface area contributed by atoms with E-state index in [2.05, 4.69) is 35.1 Å². The maximum Gasteiger partial charge on any atom is 0.142 e. The molecule has 0 atom stereocenters. The fourth-order valence-electron chi connectivity index (χ4n) is 1.63. The predicted molar refractivity (Wildman–Crippen MR) is 76.6 cm³/mol. The Balaban J connectivity index is 2.71. The van der Waals surface area contributed by atoms with Crippen molar-refractivity contribution in [3.8, 4) is 5.75 Å². The summed E-state index contributed by atoms with van der Waals surface area (Å²) in [6, 6.07) is 5.94. The summed E-state index contributed by atoms with van der Waals surface area (Å²) >= 11 is 3.46. The van der Waals surface area contributed by atoms with Gasteiger partial charge in [-0.25, -0.2) is 0 Å². The Kier molecular flexibility index (Phi) is 5.28. The van der Waals surface area contributed by atoms with Crippen LogP contribution in [0.1, 0.15) is 20.3 Å². The van der Waals surface area contributed by atoms with E-state index in [4.69, 9.17) is 10.5 Å². The minimum absolute atomic E-state index is 0.183. The first-order chi connectivity index (χ1) is 7.98. The lowest BCUT2D eigenvalue weighted by Gasteiger charge is -2.25. The van der Waals surface area contributed by atoms with Gasteiger partial charge in [-0.1, -0.05) is 29.8 Å². The van der Waals surface area contributed by atoms with Crippen LogP contribution in [-0.4, -0.2) is 20.2 Å². The summed E-state index contributed by atoms with van der Waals surface area (Å²) in [7, 11) is 1.68. The van der Waals surface area contributed by atoms with E-state index >= 15 is 0 Å². The van der Waals surface area contributed by atoms with Gasteiger partial charge in [-0.3, -0.25) is 0 Å². The van der Waals surface area contributed by atoms with E-state index in [0.29, 0.717) is 6.54 Å². The number of halogens is 1. The average molecular weight is 301 g/mol. The monoisotopic (exact) mass is 300 g/mol. The SMILES string of the molecule is COc1ccc(Br)cc1NCC(C)(C)CCN. The molecule has 1 rings (SSSR count). The van der Waals surface area contributed by atoms with Gasteiger partial charge in [0, 0.05) is 11.0 Å². The molecule has 4 heteroatoms. The highest BCUT2D eigenvalue weighted by Gasteiger charge is 2.17. The normalized spacial score (nSPS) is 11.4. The van der Waals surface area contributed by atoms with Gasteiger partial charge in [0.25, 0.3) is 0 Å². The van der Waals surface area contributed by atoms with E-state index in [1.165, 1.54) is 0 Å². The molecule has 0 heterocycles. The zero-order chi connectivity index (χ0) is 12.9. The first kappa shape index (κ1) is 14.3. The van der Waals surface area contributed by atoms with Crippen molar-refractivity contribution in [2.24, 2.45) is 11.1 Å². The van der Waals surface area contributed by atoms with Crippen molar-refractivity contribution in [2.45, 2.75) is 20.3 Å². The third-order valence-corrected chi connectivity index (χ3v) is 3.23. The standard InChI is InChI=1S/C13H21BrN2O/c1-13(2,6-7-15)9-16-11-8-10(14)4-5-12(11)17-3/h4-5,8,16H,6-7,9,15H2,1-3H3. The Bertz CT molecular complexity index is 366. The number of hydrogen-bond acceptors (Lipinski definition) is 3. The molecule has 0 unspecified atom stereocenters. The van der Waals surface area contributed by atoms with Crippen molar-refractivity contribution in [1.82, 2.24) is 0 Å². The summed E-state index contributed by atoms with van der Waals surface area (Å²) in [6.45, 7) is 6.00. The first-order valence-electron chi connectivity index (χ1n) is 5.76. The zero-order valence-electron chi connectivity index (χ0n) is 10.7. The second-order valence-electron chi connectivity index (χ2n) is 4.90. The van der Waals surface area contributed by atoms with Gasteiger partial charge in [-0.05, 0) is 36.6 Å². The molecular formula is C13H21BrN2O. The van der Waals surface area contributed by atoms with E-state index in [1.54, 1.807) is 7.11 Å². The summed E-state index contributed by atoms with van der Waals surface area (Å²) in [4.78, 5) is 0. The second kappa shape index (κ2) is 6.26. The third-order valence-electron chi connectivity index (χ3n) is 2.74. The number of benzene rings is 1. The Morgan fingerprint density at radius 3 is 2.71 bits per heavy atom. The Morgan fingerprint density at radius 2 is 2.12 bits per heavy atom. The molecule has 0 saturated carbocycles. The van der Waals surface area contributed by atoms with Gasteiger partial charge in [0.1, 0.15) is 5.75 Å². The molecule has 1 aromatic carbocycles. The van der Waals surface area contributed by atoms with E-state index in [9.17, 15) is 0 Å². The van der Waals surface area contributed by atoms with Gasteiger partial charge in [-0.15, -0.1) is 0 Å². The van der Waals surface area contributed by atoms with Crippen molar-refractivity contribution in [2.75, 3.05) is 25.5 Å². The number of nitrogens with two attached hydrogens (primary N) is 1. The van der Waals surface area contributed by atoms with Gasteiger partial charge >= 0.3 is 0 Å². The molecule has 0 aliphatic carbocycles. The van der Waals surface area contributed by atoms with Crippen LogP contribution < -0.4 is 15.8 Å². The molecule has 0 saturated heterocycles. The van der Waals surface area contributed by atoms with Crippen LogP contribution in [0.15, 0.2) is 22.7 Å². The van der Waals surface area contributed by atoms with E-state index < -0.39 is 0 Å². The quantitative estimate of drug-likeness (QED) is 0.848. The highest BCUT2D eigenvalue weighted by molar-refractivity contribution is 9.10. The van der Waals surface area contributed by atoms with Crippen molar-refractivity contribution in [3.63, 3.8) is 0 Å². The molecule has 3 nitrogen and oxygen atoms in total. The topological polar surface area (TPSA) is 47.3 Å². The van der Waals surface area contributed by atoms with Crippen LogP contribution in [0.25, 0.3) is 0 Å². The van der Waals surface area contributed by atoms with Crippen molar-refractivity contribution in [3.05, 3.63) is 22.7 Å². The van der Waals surface area contributed by atoms with E-state index in [0.717, 1.165) is 28.9 Å². The highest BCUT2D eigenvalue weighted by atomic mass is 79.9. The molecule has 0 amide bonds. The molecule has 3 N–H and O–H groups in total. The van der Waals surface area contributed by atoms with Crippen LogP contribution in [0.5, 0.6) is 5.75 Å². The van der Waals surface area contributed by atoms with Crippen LogP contribution in [0.4, 0.5) is 5.69 Å². The van der Waals surface area contributed by atoms with Crippen LogP contribution >= 0.6 is 15.9 Å². The molecule has 0 fully saturated rings. The minimum Gasteiger partial charge on any atom is -0.495 e. The zero-order valence-corrected chi connectivity index (χ0v) is 12.3. The summed E-state index contributed by atoms with van der Waals surface area (Å²) in [5, 5.41) is 3.42. The van der Waals surface area contributed by atoms with Gasteiger partial charge in [0.15, 0.2) is 0 Å². The largest absolute Gasteiger partial charge is 0.495 e.